The van der Waals surface area contributed by atoms with Gasteiger partial charge in [-0.3, -0.25) is 0 Å². The maximum Gasteiger partial charge on any atom is 0.322 e. The summed E-state index contributed by atoms with van der Waals surface area (Å²) >= 11 is 0. The molecule has 7 heteroatoms. The molecule has 0 aliphatic heterocycles. The molecule has 1 aromatic heterocycles. The molecule has 1 atom stereocenters. The lowest BCUT2D eigenvalue weighted by Crippen LogP contribution is -2.12. The van der Waals surface area contributed by atoms with Gasteiger partial charge in [-0.1, -0.05) is 12.1 Å². The van der Waals surface area contributed by atoms with Crippen LogP contribution in [0.3, 0.4) is 0 Å². The molecule has 0 radical (unpaired) electrons. The molecule has 6 nitrogen and oxygen atoms in total. The van der Waals surface area contributed by atoms with Gasteiger partial charge in [0.25, 0.3) is 0 Å². The van der Waals surface area contributed by atoms with Crippen LogP contribution in [0.1, 0.15) is 18.5 Å². The van der Waals surface area contributed by atoms with E-state index < -0.39 is 0 Å². The number of aromatic nitrogens is 3. The molecule has 1 unspecified atom stereocenters. The van der Waals surface area contributed by atoms with Crippen molar-refractivity contribution in [2.24, 2.45) is 0 Å². The van der Waals surface area contributed by atoms with E-state index in [-0.39, 0.29) is 17.9 Å². The Labute approximate surface area is 116 Å². The molecule has 2 rings (SSSR count). The average molecular weight is 277 g/mol. The van der Waals surface area contributed by atoms with Gasteiger partial charge < -0.3 is 15.4 Å². The van der Waals surface area contributed by atoms with Crippen molar-refractivity contribution in [1.82, 2.24) is 15.0 Å². The van der Waals surface area contributed by atoms with Crippen molar-refractivity contribution in [3.63, 3.8) is 0 Å². The number of rotatable bonds is 5. The summed E-state index contributed by atoms with van der Waals surface area (Å²) < 4.78 is 18.2. The third kappa shape index (κ3) is 3.31. The van der Waals surface area contributed by atoms with Gasteiger partial charge in [0.05, 0.1) is 13.2 Å². The normalized spacial score (nSPS) is 11.8. The first kappa shape index (κ1) is 14.0. The lowest BCUT2D eigenvalue weighted by Gasteiger charge is -2.15. The van der Waals surface area contributed by atoms with Crippen LogP contribution < -0.4 is 15.4 Å². The molecule has 1 heterocycles. The summed E-state index contributed by atoms with van der Waals surface area (Å²) in [7, 11) is 3.18. The first-order valence-corrected chi connectivity index (χ1v) is 6.12. The van der Waals surface area contributed by atoms with E-state index in [0.29, 0.717) is 11.9 Å². The average Bonchev–Trinajstić information content (AvgIpc) is 2.46. The van der Waals surface area contributed by atoms with Gasteiger partial charge >= 0.3 is 6.01 Å². The van der Waals surface area contributed by atoms with Gasteiger partial charge in [0.1, 0.15) is 5.82 Å². The predicted octanol–water partition coefficient (Wildman–Crippen LogP) is 2.23. The molecule has 106 valence electrons. The number of benzene rings is 1. The molecule has 0 bridgehead atoms. The number of nitrogens with one attached hydrogen (secondary N) is 2. The van der Waals surface area contributed by atoms with Crippen molar-refractivity contribution in [2.45, 2.75) is 13.0 Å². The minimum Gasteiger partial charge on any atom is -0.467 e. The molecule has 1 aromatic carbocycles. The summed E-state index contributed by atoms with van der Waals surface area (Å²) in [5.74, 6) is 0.476. The minimum absolute atomic E-state index is 0.150. The van der Waals surface area contributed by atoms with Gasteiger partial charge in [0.2, 0.25) is 11.9 Å². The van der Waals surface area contributed by atoms with Crippen LogP contribution in [0.4, 0.5) is 16.3 Å². The Morgan fingerprint density at radius 3 is 2.60 bits per heavy atom. The third-order valence-electron chi connectivity index (χ3n) is 2.72. The van der Waals surface area contributed by atoms with E-state index in [4.69, 9.17) is 4.74 Å². The van der Waals surface area contributed by atoms with Crippen molar-refractivity contribution >= 4 is 11.9 Å². The number of ether oxygens (including phenoxy) is 1. The molecule has 0 fully saturated rings. The predicted molar refractivity (Wildman–Crippen MR) is 74.4 cm³/mol. The molecule has 0 saturated heterocycles. The van der Waals surface area contributed by atoms with E-state index in [9.17, 15) is 4.39 Å². The Morgan fingerprint density at radius 2 is 1.95 bits per heavy atom. The zero-order valence-electron chi connectivity index (χ0n) is 11.5. The number of anilines is 2. The highest BCUT2D eigenvalue weighted by Gasteiger charge is 2.11. The lowest BCUT2D eigenvalue weighted by molar-refractivity contribution is 0.379. The van der Waals surface area contributed by atoms with Crippen LogP contribution in [-0.2, 0) is 0 Å². The second kappa shape index (κ2) is 6.14. The van der Waals surface area contributed by atoms with Crippen molar-refractivity contribution in [1.29, 1.82) is 0 Å². The van der Waals surface area contributed by atoms with Gasteiger partial charge in [0.15, 0.2) is 0 Å². The fraction of sp³-hybridized carbons (Fsp3) is 0.308. The van der Waals surface area contributed by atoms with Crippen LogP contribution in [0.15, 0.2) is 24.3 Å². The van der Waals surface area contributed by atoms with E-state index in [1.54, 1.807) is 13.1 Å². The van der Waals surface area contributed by atoms with Crippen LogP contribution >= 0.6 is 0 Å². The molecule has 2 aromatic rings. The highest BCUT2D eigenvalue weighted by molar-refractivity contribution is 5.38. The van der Waals surface area contributed by atoms with Crippen LogP contribution in [0.2, 0.25) is 0 Å². The van der Waals surface area contributed by atoms with Gasteiger partial charge in [0, 0.05) is 7.05 Å². The van der Waals surface area contributed by atoms with Gasteiger partial charge in [-0.05, 0) is 24.6 Å². The van der Waals surface area contributed by atoms with E-state index >= 15 is 0 Å². The van der Waals surface area contributed by atoms with Crippen LogP contribution in [0, 0.1) is 5.82 Å². The molecule has 0 saturated carbocycles. The van der Waals surface area contributed by atoms with Crippen molar-refractivity contribution in [3.05, 3.63) is 35.6 Å². The topological polar surface area (TPSA) is 72.0 Å². The minimum atomic E-state index is -0.278. The number of halogens is 1. The molecule has 0 aliphatic carbocycles. The summed E-state index contributed by atoms with van der Waals surface area (Å²) in [5.41, 5.74) is 0.801. The van der Waals surface area contributed by atoms with Crippen molar-refractivity contribution in [2.75, 3.05) is 24.8 Å². The standard InChI is InChI=1S/C13H16FN5O/c1-8(9-5-4-6-10(14)7-9)16-12-17-11(15-2)18-13(19-12)20-3/h4-8H,1-3H3,(H2,15,16,17,18,19). The number of methoxy groups -OCH3 is 1. The smallest absolute Gasteiger partial charge is 0.322 e. The van der Waals surface area contributed by atoms with Gasteiger partial charge in [-0.15, -0.1) is 0 Å². The molecular formula is C13H16FN5O. The summed E-state index contributed by atoms with van der Waals surface area (Å²) in [5, 5.41) is 5.91. The quantitative estimate of drug-likeness (QED) is 0.873. The van der Waals surface area contributed by atoms with E-state index in [0.717, 1.165) is 5.56 Å². The van der Waals surface area contributed by atoms with Crippen molar-refractivity contribution in [3.8, 4) is 6.01 Å². The second-order valence-corrected chi connectivity index (χ2v) is 4.14. The summed E-state index contributed by atoms with van der Waals surface area (Å²) in [6.07, 6.45) is 0. The fourth-order valence-electron chi connectivity index (χ4n) is 1.68. The first-order chi connectivity index (χ1) is 9.62. The van der Waals surface area contributed by atoms with Gasteiger partial charge in [-0.2, -0.15) is 15.0 Å². The number of nitrogens with zero attached hydrogens (tertiary/aromatic N) is 3. The maximum absolute atomic E-state index is 13.2. The summed E-state index contributed by atoms with van der Waals surface area (Å²) in [4.78, 5) is 12.3. The molecule has 0 spiro atoms. The highest BCUT2D eigenvalue weighted by atomic mass is 19.1. The summed E-state index contributed by atoms with van der Waals surface area (Å²) in [6, 6.07) is 6.42. The molecule has 20 heavy (non-hydrogen) atoms. The monoisotopic (exact) mass is 277 g/mol. The van der Waals surface area contributed by atoms with Crippen molar-refractivity contribution < 1.29 is 9.13 Å². The van der Waals surface area contributed by atoms with Gasteiger partial charge in [-0.25, -0.2) is 4.39 Å². The third-order valence-corrected chi connectivity index (χ3v) is 2.72. The zero-order chi connectivity index (χ0) is 14.5. The Kier molecular flexibility index (Phi) is 4.29. The van der Waals surface area contributed by atoms with E-state index in [1.807, 2.05) is 13.0 Å². The summed E-state index contributed by atoms with van der Waals surface area (Å²) in [6.45, 7) is 1.89. The number of hydrogen-bond acceptors (Lipinski definition) is 6. The van der Waals surface area contributed by atoms with Crippen LogP contribution in [-0.4, -0.2) is 29.1 Å². The Morgan fingerprint density at radius 1 is 1.20 bits per heavy atom. The Balaban J connectivity index is 2.20. The Bertz CT molecular complexity index is 570. The fourth-order valence-corrected chi connectivity index (χ4v) is 1.68. The van der Waals surface area contributed by atoms with Crippen LogP contribution in [0.25, 0.3) is 0 Å². The highest BCUT2D eigenvalue weighted by Crippen LogP contribution is 2.19. The second-order valence-electron chi connectivity index (χ2n) is 4.14. The largest absolute Gasteiger partial charge is 0.467 e. The molecule has 0 amide bonds. The first-order valence-electron chi connectivity index (χ1n) is 6.12. The van der Waals surface area contributed by atoms with E-state index in [2.05, 4.69) is 25.6 Å². The maximum atomic E-state index is 13.2. The van der Waals surface area contributed by atoms with E-state index in [1.165, 1.54) is 19.2 Å². The Hall–Kier alpha value is -2.44. The zero-order valence-corrected chi connectivity index (χ0v) is 11.5. The molecule has 2 N–H and O–H groups in total. The SMILES string of the molecule is CNc1nc(NC(C)c2cccc(F)c2)nc(OC)n1. The molecular weight excluding hydrogens is 261 g/mol. The number of hydrogen-bond donors (Lipinski definition) is 2. The lowest BCUT2D eigenvalue weighted by atomic mass is 10.1. The van der Waals surface area contributed by atoms with Crippen LogP contribution in [0.5, 0.6) is 6.01 Å². The molecule has 0 aliphatic rings.